The number of ether oxygens (including phenoxy) is 4. The second-order valence-corrected chi connectivity index (χ2v) is 6.03. The lowest BCUT2D eigenvalue weighted by Gasteiger charge is -2.24. The summed E-state index contributed by atoms with van der Waals surface area (Å²) in [6.07, 6.45) is 0.700. The van der Waals surface area contributed by atoms with Gasteiger partial charge in [0.15, 0.2) is 23.0 Å². The summed E-state index contributed by atoms with van der Waals surface area (Å²) >= 11 is 6.17. The lowest BCUT2D eigenvalue weighted by atomic mass is 10.2. The van der Waals surface area contributed by atoms with E-state index in [4.69, 9.17) is 30.5 Å². The van der Waals surface area contributed by atoms with Crippen molar-refractivity contribution in [3.05, 3.63) is 47.0 Å². The van der Waals surface area contributed by atoms with Gasteiger partial charge in [-0.25, -0.2) is 5.43 Å². The van der Waals surface area contributed by atoms with Crippen molar-refractivity contribution < 1.29 is 23.7 Å². The third kappa shape index (κ3) is 3.39. The Morgan fingerprint density at radius 1 is 1.12 bits per heavy atom. The number of benzene rings is 2. The van der Waals surface area contributed by atoms with Crippen LogP contribution in [0.2, 0.25) is 5.02 Å². The van der Waals surface area contributed by atoms with E-state index in [1.54, 1.807) is 24.3 Å². The summed E-state index contributed by atoms with van der Waals surface area (Å²) in [4.78, 5) is 12.2. The van der Waals surface area contributed by atoms with E-state index in [1.807, 2.05) is 12.1 Å². The topological polar surface area (TPSA) is 78.4 Å². The molecule has 2 aliphatic rings. The third-order valence-corrected chi connectivity index (χ3v) is 4.09. The van der Waals surface area contributed by atoms with Crippen LogP contribution in [0.1, 0.15) is 5.56 Å². The number of hydrogen-bond donors (Lipinski definition) is 1. The van der Waals surface area contributed by atoms with Gasteiger partial charge in [0.2, 0.25) is 6.10 Å². The van der Waals surface area contributed by atoms with Gasteiger partial charge in [-0.05, 0) is 29.8 Å². The molecule has 2 aromatic carbocycles. The molecule has 2 heterocycles. The first kappa shape index (κ1) is 16.5. The van der Waals surface area contributed by atoms with Gasteiger partial charge in [-0.2, -0.15) is 5.10 Å². The van der Waals surface area contributed by atoms with Crippen molar-refractivity contribution in [1.29, 1.82) is 0 Å². The van der Waals surface area contributed by atoms with E-state index < -0.39 is 12.0 Å². The number of carbonyl (C=O) groups is 1. The maximum atomic E-state index is 12.2. The fourth-order valence-electron chi connectivity index (χ4n) is 2.60. The van der Waals surface area contributed by atoms with Gasteiger partial charge < -0.3 is 18.9 Å². The lowest BCUT2D eigenvalue weighted by molar-refractivity contribution is -0.130. The molecule has 2 aliphatic heterocycles. The predicted octanol–water partition coefficient (Wildman–Crippen LogP) is 2.40. The Balaban J connectivity index is 1.40. The molecule has 0 spiro atoms. The predicted molar refractivity (Wildman–Crippen MR) is 94.5 cm³/mol. The number of hydrogen-bond acceptors (Lipinski definition) is 6. The van der Waals surface area contributed by atoms with E-state index in [0.29, 0.717) is 46.8 Å². The smallest absolute Gasteiger partial charge is 0.284 e. The zero-order chi connectivity index (χ0) is 17.9. The van der Waals surface area contributed by atoms with Gasteiger partial charge in [0.05, 0.1) is 11.2 Å². The molecule has 4 rings (SSSR count). The average molecular weight is 375 g/mol. The third-order valence-electron chi connectivity index (χ3n) is 3.81. The minimum Gasteiger partial charge on any atom is -0.486 e. The molecular formula is C18H15ClN2O5. The molecule has 0 aromatic heterocycles. The van der Waals surface area contributed by atoms with E-state index in [2.05, 4.69) is 10.5 Å². The Labute approximate surface area is 154 Å². The Kier molecular flexibility index (Phi) is 4.53. The minimum atomic E-state index is -0.772. The molecule has 1 atom stereocenters. The van der Waals surface area contributed by atoms with Crippen molar-refractivity contribution in [2.75, 3.05) is 19.8 Å². The van der Waals surface area contributed by atoms with Crippen LogP contribution in [0.25, 0.3) is 0 Å². The first-order valence-electron chi connectivity index (χ1n) is 8.01. The fraction of sp³-hybridized carbons (Fsp3) is 0.222. The van der Waals surface area contributed by atoms with Crippen molar-refractivity contribution >= 4 is 23.7 Å². The molecule has 8 heteroatoms. The van der Waals surface area contributed by atoms with Crippen LogP contribution in [0.5, 0.6) is 23.0 Å². The van der Waals surface area contributed by atoms with Gasteiger partial charge >= 0.3 is 0 Å². The molecule has 2 aromatic rings. The van der Waals surface area contributed by atoms with Crippen LogP contribution >= 0.6 is 11.6 Å². The van der Waals surface area contributed by atoms with Gasteiger partial charge in [-0.3, -0.25) is 4.79 Å². The molecular weight excluding hydrogens is 360 g/mol. The quantitative estimate of drug-likeness (QED) is 0.659. The van der Waals surface area contributed by atoms with Gasteiger partial charge in [-0.1, -0.05) is 23.7 Å². The monoisotopic (exact) mass is 374 g/mol. The molecule has 0 saturated heterocycles. The second kappa shape index (κ2) is 7.13. The summed E-state index contributed by atoms with van der Waals surface area (Å²) in [5.74, 6) is 1.81. The van der Waals surface area contributed by atoms with Crippen LogP contribution in [-0.4, -0.2) is 38.0 Å². The largest absolute Gasteiger partial charge is 0.486 e. The highest BCUT2D eigenvalue weighted by Crippen LogP contribution is 2.38. The number of nitrogens with one attached hydrogen (secondary N) is 1. The Hall–Kier alpha value is -2.93. The molecule has 26 heavy (non-hydrogen) atoms. The molecule has 0 aliphatic carbocycles. The van der Waals surface area contributed by atoms with E-state index in [0.717, 1.165) is 0 Å². The maximum absolute atomic E-state index is 12.2. The summed E-state index contributed by atoms with van der Waals surface area (Å²) in [6.45, 7) is 1.04. The molecule has 0 fully saturated rings. The Morgan fingerprint density at radius 3 is 2.81 bits per heavy atom. The van der Waals surface area contributed by atoms with Crippen LogP contribution in [0, 0.1) is 0 Å². The highest BCUT2D eigenvalue weighted by atomic mass is 35.5. The molecule has 0 unspecified atom stereocenters. The number of para-hydroxylation sites is 2. The fourth-order valence-corrected chi connectivity index (χ4v) is 2.87. The zero-order valence-electron chi connectivity index (χ0n) is 13.6. The van der Waals surface area contributed by atoms with Crippen LogP contribution in [-0.2, 0) is 4.79 Å². The van der Waals surface area contributed by atoms with Gasteiger partial charge in [0.25, 0.3) is 5.91 Å². The van der Waals surface area contributed by atoms with Crippen LogP contribution in [0.3, 0.4) is 0 Å². The lowest BCUT2D eigenvalue weighted by Crippen LogP contribution is -2.42. The van der Waals surface area contributed by atoms with Crippen molar-refractivity contribution in [1.82, 2.24) is 5.43 Å². The van der Waals surface area contributed by atoms with Gasteiger partial charge in [0, 0.05) is 0 Å². The summed E-state index contributed by atoms with van der Waals surface area (Å²) in [6, 6.07) is 10.6. The molecule has 0 radical (unpaired) electrons. The van der Waals surface area contributed by atoms with Crippen LogP contribution in [0.15, 0.2) is 41.5 Å². The number of rotatable bonds is 3. The second-order valence-electron chi connectivity index (χ2n) is 5.63. The zero-order valence-corrected chi connectivity index (χ0v) is 14.4. The SMILES string of the molecule is O=C(N/N=C\c1cc(Cl)c2c(c1)OCCO2)[C@@H]1COc2ccccc2O1. The van der Waals surface area contributed by atoms with E-state index >= 15 is 0 Å². The normalized spacial score (nSPS) is 17.8. The summed E-state index contributed by atoms with van der Waals surface area (Å²) < 4.78 is 22.1. The average Bonchev–Trinajstić information content (AvgIpc) is 2.67. The Bertz CT molecular complexity index is 871. The number of nitrogens with zero attached hydrogens (tertiary/aromatic N) is 1. The molecule has 7 nitrogen and oxygen atoms in total. The number of carbonyl (C=O) groups excluding carboxylic acids is 1. The molecule has 0 bridgehead atoms. The highest BCUT2D eigenvalue weighted by molar-refractivity contribution is 6.32. The summed E-state index contributed by atoms with van der Waals surface area (Å²) in [5, 5.41) is 4.37. The van der Waals surface area contributed by atoms with Crippen molar-refractivity contribution in [2.24, 2.45) is 5.10 Å². The highest BCUT2D eigenvalue weighted by Gasteiger charge is 2.27. The van der Waals surface area contributed by atoms with E-state index in [-0.39, 0.29) is 6.61 Å². The maximum Gasteiger partial charge on any atom is 0.284 e. The van der Waals surface area contributed by atoms with Crippen molar-refractivity contribution in [3.8, 4) is 23.0 Å². The number of halogens is 1. The van der Waals surface area contributed by atoms with E-state index in [1.165, 1.54) is 6.21 Å². The van der Waals surface area contributed by atoms with Crippen molar-refractivity contribution in [3.63, 3.8) is 0 Å². The summed E-state index contributed by atoms with van der Waals surface area (Å²) in [5.41, 5.74) is 3.11. The van der Waals surface area contributed by atoms with Gasteiger partial charge in [0.1, 0.15) is 19.8 Å². The molecule has 1 N–H and O–H groups in total. The summed E-state index contributed by atoms with van der Waals surface area (Å²) in [7, 11) is 0. The van der Waals surface area contributed by atoms with Crippen LogP contribution in [0.4, 0.5) is 0 Å². The Morgan fingerprint density at radius 2 is 1.92 bits per heavy atom. The van der Waals surface area contributed by atoms with Crippen LogP contribution < -0.4 is 24.4 Å². The first-order chi connectivity index (χ1) is 12.7. The molecule has 134 valence electrons. The molecule has 1 amide bonds. The number of hydrazone groups is 1. The first-order valence-corrected chi connectivity index (χ1v) is 8.39. The van der Waals surface area contributed by atoms with Crippen molar-refractivity contribution in [2.45, 2.75) is 6.10 Å². The minimum absolute atomic E-state index is 0.119. The number of fused-ring (bicyclic) bond motifs is 2. The molecule has 0 saturated carbocycles. The van der Waals surface area contributed by atoms with E-state index in [9.17, 15) is 4.79 Å². The number of amides is 1. The standard InChI is InChI=1S/C18H15ClN2O5/c19-12-7-11(8-15-17(12)24-6-5-23-15)9-20-21-18(22)16-10-25-13-3-1-2-4-14(13)26-16/h1-4,7-9,16H,5-6,10H2,(H,21,22)/b20-9-/t16-/m0/s1. The van der Waals surface area contributed by atoms with Gasteiger partial charge in [-0.15, -0.1) is 0 Å².